The molecule has 0 spiro atoms. The van der Waals surface area contributed by atoms with Gasteiger partial charge in [-0.2, -0.15) is 0 Å². The third-order valence-electron chi connectivity index (χ3n) is 6.15. The summed E-state index contributed by atoms with van der Waals surface area (Å²) in [6.45, 7) is 6.21. The molecule has 0 bridgehead atoms. The van der Waals surface area contributed by atoms with Gasteiger partial charge in [-0.1, -0.05) is 19.8 Å². The van der Waals surface area contributed by atoms with E-state index in [-0.39, 0.29) is 6.10 Å². The summed E-state index contributed by atoms with van der Waals surface area (Å²) < 4.78 is 5.81. The predicted molar refractivity (Wildman–Crippen MR) is 92.3 cm³/mol. The molecule has 4 heteroatoms. The van der Waals surface area contributed by atoms with Crippen molar-refractivity contribution in [3.05, 3.63) is 0 Å². The molecular weight excluding hydrogens is 288 g/mol. The van der Waals surface area contributed by atoms with Gasteiger partial charge < -0.3 is 15.0 Å². The first-order valence-electron chi connectivity index (χ1n) is 9.86. The highest BCUT2D eigenvalue weighted by Gasteiger charge is 2.32. The first-order chi connectivity index (χ1) is 11.2. The van der Waals surface area contributed by atoms with E-state index < -0.39 is 0 Å². The molecule has 2 aliphatic heterocycles. The lowest BCUT2D eigenvalue weighted by Gasteiger charge is -2.34. The van der Waals surface area contributed by atoms with Gasteiger partial charge in [0.2, 0.25) is 5.91 Å². The van der Waals surface area contributed by atoms with Gasteiger partial charge in [0.15, 0.2) is 0 Å². The number of nitrogens with one attached hydrogen (secondary N) is 1. The van der Waals surface area contributed by atoms with Gasteiger partial charge in [0.1, 0.15) is 0 Å². The van der Waals surface area contributed by atoms with Gasteiger partial charge in [0.25, 0.3) is 0 Å². The number of hydrogen-bond acceptors (Lipinski definition) is 3. The van der Waals surface area contributed by atoms with E-state index in [1.165, 1.54) is 38.5 Å². The predicted octanol–water partition coefficient (Wildman–Crippen LogP) is 2.96. The lowest BCUT2D eigenvalue weighted by molar-refractivity contribution is -0.136. The van der Waals surface area contributed by atoms with Gasteiger partial charge in [-0.3, -0.25) is 4.79 Å². The third kappa shape index (κ3) is 4.69. The molecule has 3 rings (SSSR count). The van der Waals surface area contributed by atoms with Crippen LogP contribution in [0.3, 0.4) is 0 Å². The maximum atomic E-state index is 13.0. The molecule has 1 N–H and O–H groups in total. The Bertz CT molecular complexity index is 370. The Hall–Kier alpha value is -0.610. The van der Waals surface area contributed by atoms with E-state index >= 15 is 0 Å². The fraction of sp³-hybridized carbons (Fsp3) is 0.947. The zero-order chi connectivity index (χ0) is 16.1. The van der Waals surface area contributed by atoms with Crippen LogP contribution in [0.1, 0.15) is 64.7 Å². The largest absolute Gasteiger partial charge is 0.376 e. The van der Waals surface area contributed by atoms with E-state index in [9.17, 15) is 4.79 Å². The van der Waals surface area contributed by atoms with Crippen molar-refractivity contribution < 1.29 is 9.53 Å². The molecule has 0 radical (unpaired) electrons. The van der Waals surface area contributed by atoms with Gasteiger partial charge in [0.05, 0.1) is 6.10 Å². The monoisotopic (exact) mass is 322 g/mol. The second-order valence-corrected chi connectivity index (χ2v) is 7.91. The number of amides is 1. The summed E-state index contributed by atoms with van der Waals surface area (Å²) in [6.07, 6.45) is 10.8. The van der Waals surface area contributed by atoms with Crippen LogP contribution >= 0.6 is 0 Å². The van der Waals surface area contributed by atoms with Crippen LogP contribution in [0.2, 0.25) is 0 Å². The third-order valence-corrected chi connectivity index (χ3v) is 6.15. The highest BCUT2D eigenvalue weighted by molar-refractivity contribution is 5.77. The van der Waals surface area contributed by atoms with Crippen molar-refractivity contribution in [3.8, 4) is 0 Å². The maximum absolute atomic E-state index is 13.0. The molecule has 23 heavy (non-hydrogen) atoms. The molecule has 2 heterocycles. The minimum Gasteiger partial charge on any atom is -0.376 e. The van der Waals surface area contributed by atoms with Crippen molar-refractivity contribution in [2.75, 3.05) is 26.2 Å². The van der Waals surface area contributed by atoms with Gasteiger partial charge in [0, 0.05) is 25.6 Å². The minimum absolute atomic E-state index is 0.284. The average molecular weight is 322 g/mol. The molecule has 1 amide bonds. The van der Waals surface area contributed by atoms with Crippen molar-refractivity contribution in [1.82, 2.24) is 10.2 Å². The average Bonchev–Trinajstić information content (AvgIpc) is 3.27. The Morgan fingerprint density at radius 1 is 1.17 bits per heavy atom. The molecule has 1 saturated carbocycles. The summed E-state index contributed by atoms with van der Waals surface area (Å²) in [5.41, 5.74) is 0. The first kappa shape index (κ1) is 17.2. The molecule has 2 saturated heterocycles. The molecule has 4 nitrogen and oxygen atoms in total. The first-order valence-corrected chi connectivity index (χ1v) is 9.86. The normalized spacial score (nSPS) is 30.5. The van der Waals surface area contributed by atoms with Crippen molar-refractivity contribution in [2.45, 2.75) is 76.9 Å². The maximum Gasteiger partial charge on any atom is 0.223 e. The number of carbonyl (C=O) groups is 1. The van der Waals surface area contributed by atoms with Crippen LogP contribution in [0.25, 0.3) is 0 Å². The Morgan fingerprint density at radius 2 is 2.00 bits per heavy atom. The van der Waals surface area contributed by atoms with E-state index in [1.807, 2.05) is 0 Å². The molecule has 0 aromatic heterocycles. The van der Waals surface area contributed by atoms with E-state index in [4.69, 9.17) is 4.74 Å². The Balaban J connectivity index is 1.56. The molecule has 0 aromatic carbocycles. The summed E-state index contributed by atoms with van der Waals surface area (Å²) in [5, 5.41) is 3.49. The number of hydrogen-bond donors (Lipinski definition) is 1. The second kappa shape index (κ2) is 8.48. The lowest BCUT2D eigenvalue weighted by atomic mass is 9.85. The van der Waals surface area contributed by atoms with Crippen LogP contribution in [0.4, 0.5) is 0 Å². The fourth-order valence-corrected chi connectivity index (χ4v) is 4.60. The smallest absolute Gasteiger partial charge is 0.223 e. The van der Waals surface area contributed by atoms with Crippen LogP contribution < -0.4 is 5.32 Å². The quantitative estimate of drug-likeness (QED) is 0.817. The van der Waals surface area contributed by atoms with Crippen molar-refractivity contribution >= 4 is 5.91 Å². The van der Waals surface area contributed by atoms with Crippen LogP contribution in [-0.4, -0.2) is 49.2 Å². The number of nitrogens with zero attached hydrogens (tertiary/aromatic N) is 1. The number of piperidine rings is 1. The Kier molecular flexibility index (Phi) is 6.35. The highest BCUT2D eigenvalue weighted by Crippen LogP contribution is 2.28. The fourth-order valence-electron chi connectivity index (χ4n) is 4.60. The molecule has 3 fully saturated rings. The van der Waals surface area contributed by atoms with E-state index in [0.29, 0.717) is 23.8 Å². The van der Waals surface area contributed by atoms with Crippen LogP contribution in [0.5, 0.6) is 0 Å². The van der Waals surface area contributed by atoms with Crippen molar-refractivity contribution in [1.29, 1.82) is 0 Å². The van der Waals surface area contributed by atoms with E-state index in [1.54, 1.807) is 0 Å². The van der Waals surface area contributed by atoms with Gasteiger partial charge in [-0.25, -0.2) is 0 Å². The van der Waals surface area contributed by atoms with Crippen LogP contribution in [0.15, 0.2) is 0 Å². The van der Waals surface area contributed by atoms with Crippen LogP contribution in [-0.2, 0) is 9.53 Å². The van der Waals surface area contributed by atoms with E-state index in [0.717, 1.165) is 45.5 Å². The summed E-state index contributed by atoms with van der Waals surface area (Å²) in [7, 11) is 0. The second-order valence-electron chi connectivity index (χ2n) is 7.91. The molecular formula is C19H34N2O2. The van der Waals surface area contributed by atoms with Crippen LogP contribution in [0, 0.1) is 11.8 Å². The number of rotatable bonds is 6. The highest BCUT2D eigenvalue weighted by atomic mass is 16.5. The molecule has 1 aliphatic carbocycles. The summed E-state index contributed by atoms with van der Waals surface area (Å²) in [6, 6.07) is 0.475. The zero-order valence-corrected chi connectivity index (χ0v) is 14.8. The van der Waals surface area contributed by atoms with E-state index in [2.05, 4.69) is 17.1 Å². The topological polar surface area (TPSA) is 41.6 Å². The SMILES string of the molecule is CC(CC(=O)N(CC1CCCO1)C1CCCC1)C1CCCNC1. The van der Waals surface area contributed by atoms with Gasteiger partial charge in [-0.15, -0.1) is 0 Å². The van der Waals surface area contributed by atoms with Gasteiger partial charge in [-0.05, 0) is 63.5 Å². The Labute approximate surface area is 141 Å². The van der Waals surface area contributed by atoms with Gasteiger partial charge >= 0.3 is 0 Å². The lowest BCUT2D eigenvalue weighted by Crippen LogP contribution is -2.44. The molecule has 3 aliphatic rings. The standard InChI is InChI=1S/C19H34N2O2/c1-15(16-6-4-10-20-13-16)12-19(22)21(17-7-2-3-8-17)14-18-9-5-11-23-18/h15-18,20H,2-14H2,1H3. The number of ether oxygens (including phenoxy) is 1. The summed E-state index contributed by atoms with van der Waals surface area (Å²) in [5.74, 6) is 1.54. The molecule has 3 unspecified atom stereocenters. The molecule has 0 aromatic rings. The van der Waals surface area contributed by atoms with Crippen molar-refractivity contribution in [2.24, 2.45) is 11.8 Å². The molecule has 132 valence electrons. The van der Waals surface area contributed by atoms with Crippen molar-refractivity contribution in [3.63, 3.8) is 0 Å². The number of carbonyl (C=O) groups excluding carboxylic acids is 1. The summed E-state index contributed by atoms with van der Waals surface area (Å²) in [4.78, 5) is 15.2. The zero-order valence-electron chi connectivity index (χ0n) is 14.8. The minimum atomic E-state index is 0.284. The Morgan fingerprint density at radius 3 is 2.65 bits per heavy atom. The summed E-state index contributed by atoms with van der Waals surface area (Å²) >= 11 is 0. The molecule has 3 atom stereocenters.